The van der Waals surface area contributed by atoms with Gasteiger partial charge in [0.15, 0.2) is 0 Å². The number of nitrogens with zero attached hydrogens (tertiary/aromatic N) is 1. The van der Waals surface area contributed by atoms with E-state index in [-0.39, 0.29) is 0 Å². The second-order valence-corrected chi connectivity index (χ2v) is 5.55. The molecule has 2 rings (SSSR count). The summed E-state index contributed by atoms with van der Waals surface area (Å²) in [5.41, 5.74) is 2.00. The second kappa shape index (κ2) is 5.94. The molecule has 1 saturated heterocycles. The predicted octanol–water partition coefficient (Wildman–Crippen LogP) is 4.16. The zero-order valence-corrected chi connectivity index (χ0v) is 12.0. The van der Waals surface area contributed by atoms with Gasteiger partial charge in [-0.25, -0.2) is 0 Å². The molecular formula is C15H22ClNO. The van der Waals surface area contributed by atoms with Crippen molar-refractivity contribution in [3.63, 3.8) is 0 Å². The highest BCUT2D eigenvalue weighted by atomic mass is 35.5. The molecule has 0 bridgehead atoms. The lowest BCUT2D eigenvalue weighted by Crippen LogP contribution is -2.39. The van der Waals surface area contributed by atoms with Crippen molar-refractivity contribution in [2.75, 3.05) is 11.4 Å². The Balaban J connectivity index is 2.26. The monoisotopic (exact) mass is 267 g/mol. The van der Waals surface area contributed by atoms with Crippen LogP contribution in [-0.2, 0) is 0 Å². The SMILES string of the molecule is CCC1CCCCN1c1ccc([C@@H](C)O)cc1Cl. The number of rotatable bonds is 3. The number of aliphatic hydroxyl groups is 1. The highest BCUT2D eigenvalue weighted by Crippen LogP contribution is 2.33. The highest BCUT2D eigenvalue weighted by Gasteiger charge is 2.22. The van der Waals surface area contributed by atoms with E-state index in [0.29, 0.717) is 6.04 Å². The Bertz CT molecular complexity index is 405. The Morgan fingerprint density at radius 1 is 1.44 bits per heavy atom. The zero-order valence-electron chi connectivity index (χ0n) is 11.2. The van der Waals surface area contributed by atoms with Crippen molar-refractivity contribution in [1.82, 2.24) is 0 Å². The molecule has 2 nitrogen and oxygen atoms in total. The molecule has 0 aromatic heterocycles. The second-order valence-electron chi connectivity index (χ2n) is 5.14. The van der Waals surface area contributed by atoms with E-state index in [1.54, 1.807) is 6.92 Å². The summed E-state index contributed by atoms with van der Waals surface area (Å²) in [6, 6.07) is 6.53. The summed E-state index contributed by atoms with van der Waals surface area (Å²) in [4.78, 5) is 2.43. The van der Waals surface area contributed by atoms with Gasteiger partial charge in [0, 0.05) is 12.6 Å². The van der Waals surface area contributed by atoms with Crippen LogP contribution in [0.3, 0.4) is 0 Å². The van der Waals surface area contributed by atoms with E-state index in [0.717, 1.165) is 29.2 Å². The standard InChI is InChI=1S/C15H22ClNO/c1-3-13-6-4-5-9-17(13)15-8-7-12(11(2)18)10-14(15)16/h7-8,10-11,13,18H,3-6,9H2,1-2H3/t11-,13?/m1/s1. The average molecular weight is 268 g/mol. The van der Waals surface area contributed by atoms with Gasteiger partial charge in [0.25, 0.3) is 0 Å². The van der Waals surface area contributed by atoms with E-state index in [4.69, 9.17) is 11.6 Å². The van der Waals surface area contributed by atoms with Crippen LogP contribution in [-0.4, -0.2) is 17.7 Å². The molecule has 1 aliphatic rings. The van der Waals surface area contributed by atoms with Gasteiger partial charge in [-0.15, -0.1) is 0 Å². The number of benzene rings is 1. The van der Waals surface area contributed by atoms with Crippen LogP contribution in [0.5, 0.6) is 0 Å². The number of aliphatic hydroxyl groups excluding tert-OH is 1. The van der Waals surface area contributed by atoms with Gasteiger partial charge in [-0.2, -0.15) is 0 Å². The van der Waals surface area contributed by atoms with Crippen LogP contribution in [0.4, 0.5) is 5.69 Å². The molecule has 0 aliphatic carbocycles. The molecule has 100 valence electrons. The van der Waals surface area contributed by atoms with Crippen LogP contribution in [0.1, 0.15) is 51.2 Å². The fourth-order valence-corrected chi connectivity index (χ4v) is 3.06. The van der Waals surface area contributed by atoms with Crippen molar-refractivity contribution in [2.24, 2.45) is 0 Å². The normalized spacial score (nSPS) is 22.0. The fraction of sp³-hybridized carbons (Fsp3) is 0.600. The maximum atomic E-state index is 9.58. The van der Waals surface area contributed by atoms with Crippen LogP contribution in [0.15, 0.2) is 18.2 Å². The van der Waals surface area contributed by atoms with Gasteiger partial charge in [-0.05, 0) is 50.3 Å². The molecule has 1 aromatic carbocycles. The van der Waals surface area contributed by atoms with Crippen molar-refractivity contribution in [3.8, 4) is 0 Å². The first-order valence-corrected chi connectivity index (χ1v) is 7.25. The molecule has 18 heavy (non-hydrogen) atoms. The summed E-state index contributed by atoms with van der Waals surface area (Å²) < 4.78 is 0. The Hall–Kier alpha value is -0.730. The van der Waals surface area contributed by atoms with Crippen molar-refractivity contribution in [2.45, 2.75) is 51.7 Å². The summed E-state index contributed by atoms with van der Waals surface area (Å²) in [5, 5.41) is 10.3. The van der Waals surface area contributed by atoms with Crippen molar-refractivity contribution >= 4 is 17.3 Å². The van der Waals surface area contributed by atoms with Crippen LogP contribution >= 0.6 is 11.6 Å². The van der Waals surface area contributed by atoms with Gasteiger partial charge >= 0.3 is 0 Å². The molecule has 1 fully saturated rings. The molecule has 1 heterocycles. The molecule has 1 aromatic rings. The molecule has 0 saturated carbocycles. The van der Waals surface area contributed by atoms with Gasteiger partial charge in [0.1, 0.15) is 0 Å². The fourth-order valence-electron chi connectivity index (χ4n) is 2.76. The summed E-state index contributed by atoms with van der Waals surface area (Å²) in [7, 11) is 0. The molecule has 1 aliphatic heterocycles. The van der Waals surface area contributed by atoms with E-state index in [1.807, 2.05) is 12.1 Å². The number of hydrogen-bond acceptors (Lipinski definition) is 2. The minimum absolute atomic E-state index is 0.458. The lowest BCUT2D eigenvalue weighted by atomic mass is 9.98. The van der Waals surface area contributed by atoms with Gasteiger partial charge in [-0.1, -0.05) is 24.6 Å². The first kappa shape index (κ1) is 13.7. The van der Waals surface area contributed by atoms with Gasteiger partial charge in [-0.3, -0.25) is 0 Å². The van der Waals surface area contributed by atoms with Crippen LogP contribution in [0.2, 0.25) is 5.02 Å². The number of hydrogen-bond donors (Lipinski definition) is 1. The molecule has 0 amide bonds. The largest absolute Gasteiger partial charge is 0.389 e. The molecule has 3 heteroatoms. The van der Waals surface area contributed by atoms with Crippen molar-refractivity contribution < 1.29 is 5.11 Å². The van der Waals surface area contributed by atoms with E-state index >= 15 is 0 Å². The van der Waals surface area contributed by atoms with Crippen LogP contribution in [0.25, 0.3) is 0 Å². The average Bonchev–Trinajstić information content (AvgIpc) is 2.38. The third-order valence-corrected chi connectivity index (χ3v) is 4.16. The lowest BCUT2D eigenvalue weighted by Gasteiger charge is -2.37. The summed E-state index contributed by atoms with van der Waals surface area (Å²) in [6.45, 7) is 5.09. The van der Waals surface area contributed by atoms with Crippen LogP contribution < -0.4 is 4.90 Å². The van der Waals surface area contributed by atoms with E-state index in [2.05, 4.69) is 17.9 Å². The molecule has 1 N–H and O–H groups in total. The minimum Gasteiger partial charge on any atom is -0.389 e. The zero-order chi connectivity index (χ0) is 13.1. The number of piperidine rings is 1. The Morgan fingerprint density at radius 2 is 2.22 bits per heavy atom. The third kappa shape index (κ3) is 2.81. The predicted molar refractivity (Wildman–Crippen MR) is 77.4 cm³/mol. The molecular weight excluding hydrogens is 246 g/mol. The van der Waals surface area contributed by atoms with Crippen molar-refractivity contribution in [1.29, 1.82) is 0 Å². The van der Waals surface area contributed by atoms with Gasteiger partial charge in [0.05, 0.1) is 16.8 Å². The molecule has 0 spiro atoms. The topological polar surface area (TPSA) is 23.5 Å². The van der Waals surface area contributed by atoms with E-state index in [9.17, 15) is 5.11 Å². The van der Waals surface area contributed by atoms with E-state index in [1.165, 1.54) is 19.3 Å². The molecule has 1 unspecified atom stereocenters. The quantitative estimate of drug-likeness (QED) is 0.889. The summed E-state index contributed by atoms with van der Waals surface area (Å²) >= 11 is 6.38. The van der Waals surface area contributed by atoms with Gasteiger partial charge < -0.3 is 10.0 Å². The first-order valence-electron chi connectivity index (χ1n) is 6.87. The third-order valence-electron chi connectivity index (χ3n) is 3.86. The number of halogens is 1. The minimum atomic E-state index is -0.458. The van der Waals surface area contributed by atoms with Crippen molar-refractivity contribution in [3.05, 3.63) is 28.8 Å². The maximum Gasteiger partial charge on any atom is 0.0762 e. The maximum absolute atomic E-state index is 9.58. The number of anilines is 1. The Morgan fingerprint density at radius 3 is 2.83 bits per heavy atom. The Labute approximate surface area is 115 Å². The van der Waals surface area contributed by atoms with Crippen LogP contribution in [0, 0.1) is 0 Å². The Kier molecular flexibility index (Phi) is 4.52. The van der Waals surface area contributed by atoms with E-state index < -0.39 is 6.10 Å². The van der Waals surface area contributed by atoms with Gasteiger partial charge in [0.2, 0.25) is 0 Å². The smallest absolute Gasteiger partial charge is 0.0762 e. The molecule has 0 radical (unpaired) electrons. The molecule has 2 atom stereocenters. The first-order chi connectivity index (χ1) is 8.63. The summed E-state index contributed by atoms with van der Waals surface area (Å²) in [6.07, 6.45) is 4.52. The summed E-state index contributed by atoms with van der Waals surface area (Å²) in [5.74, 6) is 0. The lowest BCUT2D eigenvalue weighted by molar-refractivity contribution is 0.199. The highest BCUT2D eigenvalue weighted by molar-refractivity contribution is 6.33.